The minimum atomic E-state index is -0.441. The van der Waals surface area contributed by atoms with Crippen LogP contribution >= 0.6 is 0 Å². The molecule has 0 saturated carbocycles. The molecule has 0 aromatic heterocycles. The molecular formula is C25H24FN3O4. The number of hydrogen-bond donors (Lipinski definition) is 2. The van der Waals surface area contributed by atoms with Crippen molar-refractivity contribution in [2.45, 2.75) is 6.54 Å². The van der Waals surface area contributed by atoms with E-state index in [-0.39, 0.29) is 24.8 Å². The van der Waals surface area contributed by atoms with Crippen molar-refractivity contribution in [2.75, 3.05) is 25.5 Å². The molecule has 0 spiro atoms. The summed E-state index contributed by atoms with van der Waals surface area (Å²) in [5, 5.41) is 5.42. The highest BCUT2D eigenvalue weighted by molar-refractivity contribution is 5.97. The lowest BCUT2D eigenvalue weighted by Crippen LogP contribution is -2.37. The van der Waals surface area contributed by atoms with E-state index in [4.69, 9.17) is 4.74 Å². The molecule has 2 N–H and O–H groups in total. The van der Waals surface area contributed by atoms with E-state index in [1.165, 1.54) is 36.2 Å². The van der Waals surface area contributed by atoms with Gasteiger partial charge in [0, 0.05) is 19.3 Å². The Labute approximate surface area is 191 Å². The maximum absolute atomic E-state index is 13.0. The molecule has 0 bridgehead atoms. The van der Waals surface area contributed by atoms with Crippen LogP contribution in [0.4, 0.5) is 10.1 Å². The number of likely N-dealkylation sites (N-methyl/N-ethyl adjacent to an activating group) is 1. The van der Waals surface area contributed by atoms with Crippen molar-refractivity contribution < 1.29 is 23.5 Å². The molecule has 0 heterocycles. The van der Waals surface area contributed by atoms with Gasteiger partial charge < -0.3 is 20.3 Å². The third-order valence-electron chi connectivity index (χ3n) is 4.71. The number of nitrogens with one attached hydrogen (secondary N) is 2. The van der Waals surface area contributed by atoms with Gasteiger partial charge in [0.05, 0.1) is 12.1 Å². The van der Waals surface area contributed by atoms with Crippen molar-refractivity contribution in [3.05, 3.63) is 95.8 Å². The Balaban J connectivity index is 1.51. The highest BCUT2D eigenvalue weighted by Crippen LogP contribution is 2.18. The van der Waals surface area contributed by atoms with Gasteiger partial charge in [0.2, 0.25) is 5.91 Å². The summed E-state index contributed by atoms with van der Waals surface area (Å²) in [6.07, 6.45) is 0. The number of carbonyl (C=O) groups is 3. The number of para-hydroxylation sites is 1. The lowest BCUT2D eigenvalue weighted by molar-refractivity contribution is -0.135. The number of carbonyl (C=O) groups excluding carboxylic acids is 3. The Hall–Kier alpha value is -4.20. The maximum atomic E-state index is 13.0. The molecule has 7 nitrogen and oxygen atoms in total. The smallest absolute Gasteiger partial charge is 0.260 e. The van der Waals surface area contributed by atoms with E-state index in [0.29, 0.717) is 17.8 Å². The fourth-order valence-electron chi connectivity index (χ4n) is 2.94. The van der Waals surface area contributed by atoms with E-state index in [2.05, 4.69) is 10.6 Å². The van der Waals surface area contributed by atoms with Crippen LogP contribution in [-0.2, 0) is 16.1 Å². The van der Waals surface area contributed by atoms with E-state index in [1.54, 1.807) is 24.3 Å². The van der Waals surface area contributed by atoms with E-state index in [1.807, 2.05) is 30.3 Å². The topological polar surface area (TPSA) is 87.7 Å². The van der Waals surface area contributed by atoms with Gasteiger partial charge in [-0.1, -0.05) is 42.5 Å². The summed E-state index contributed by atoms with van der Waals surface area (Å²) in [7, 11) is 1.47. The molecule has 3 aromatic carbocycles. The van der Waals surface area contributed by atoms with Crippen molar-refractivity contribution in [1.82, 2.24) is 10.2 Å². The van der Waals surface area contributed by atoms with Crippen LogP contribution in [0.3, 0.4) is 0 Å². The Bertz CT molecular complexity index is 1100. The molecule has 3 aromatic rings. The zero-order chi connectivity index (χ0) is 23.6. The van der Waals surface area contributed by atoms with Gasteiger partial charge in [0.1, 0.15) is 11.6 Å². The van der Waals surface area contributed by atoms with Gasteiger partial charge in [-0.25, -0.2) is 4.39 Å². The molecule has 3 rings (SSSR count). The summed E-state index contributed by atoms with van der Waals surface area (Å²) in [4.78, 5) is 38.3. The summed E-state index contributed by atoms with van der Waals surface area (Å²) in [6.45, 7) is -0.194. The Morgan fingerprint density at radius 3 is 2.30 bits per heavy atom. The van der Waals surface area contributed by atoms with E-state index < -0.39 is 17.6 Å². The van der Waals surface area contributed by atoms with Gasteiger partial charge in [0.15, 0.2) is 6.61 Å². The first-order valence-corrected chi connectivity index (χ1v) is 10.3. The van der Waals surface area contributed by atoms with Crippen LogP contribution in [0, 0.1) is 5.82 Å². The third-order valence-corrected chi connectivity index (χ3v) is 4.71. The number of benzene rings is 3. The summed E-state index contributed by atoms with van der Waals surface area (Å²) >= 11 is 0. The normalized spacial score (nSPS) is 10.2. The zero-order valence-corrected chi connectivity index (χ0v) is 18.1. The van der Waals surface area contributed by atoms with Crippen molar-refractivity contribution in [1.29, 1.82) is 0 Å². The lowest BCUT2D eigenvalue weighted by Gasteiger charge is -2.18. The molecule has 0 atom stereocenters. The number of ether oxygens (including phenoxy) is 1. The molecule has 0 fully saturated rings. The van der Waals surface area contributed by atoms with Crippen LogP contribution in [0.2, 0.25) is 0 Å². The highest BCUT2D eigenvalue weighted by Gasteiger charge is 2.17. The van der Waals surface area contributed by atoms with Crippen molar-refractivity contribution >= 4 is 23.4 Å². The van der Waals surface area contributed by atoms with Crippen LogP contribution in [-0.4, -0.2) is 42.8 Å². The molecule has 0 aliphatic carbocycles. The summed E-state index contributed by atoms with van der Waals surface area (Å²) in [5.74, 6) is -1.34. The molecule has 3 amide bonds. The van der Waals surface area contributed by atoms with Crippen molar-refractivity contribution in [3.8, 4) is 5.75 Å². The molecule has 0 radical (unpaired) electrons. The number of halogens is 1. The number of nitrogens with zero attached hydrogens (tertiary/aromatic N) is 1. The first-order chi connectivity index (χ1) is 15.9. The van der Waals surface area contributed by atoms with Gasteiger partial charge in [-0.3, -0.25) is 14.4 Å². The van der Waals surface area contributed by atoms with Gasteiger partial charge >= 0.3 is 0 Å². The summed E-state index contributed by atoms with van der Waals surface area (Å²) < 4.78 is 18.5. The van der Waals surface area contributed by atoms with Gasteiger partial charge in [-0.15, -0.1) is 0 Å². The molecule has 0 saturated heterocycles. The average molecular weight is 449 g/mol. The lowest BCUT2D eigenvalue weighted by atomic mass is 10.1. The van der Waals surface area contributed by atoms with Crippen LogP contribution in [0.5, 0.6) is 5.75 Å². The fourth-order valence-corrected chi connectivity index (χ4v) is 2.94. The average Bonchev–Trinajstić information content (AvgIpc) is 2.83. The predicted molar refractivity (Wildman–Crippen MR) is 122 cm³/mol. The van der Waals surface area contributed by atoms with E-state index >= 15 is 0 Å². The standard InChI is InChI=1S/C25H24FN3O4/c1-29(16-23(30)28-20-13-11-19(26)12-14-20)24(31)17-33-22-10-6-5-9-21(22)25(32)27-15-18-7-3-2-4-8-18/h2-14H,15-17H2,1H3,(H,27,32)(H,28,30). The Morgan fingerprint density at radius 2 is 1.58 bits per heavy atom. The molecule has 33 heavy (non-hydrogen) atoms. The molecule has 0 aliphatic heterocycles. The number of rotatable bonds is 9. The monoisotopic (exact) mass is 449 g/mol. The van der Waals surface area contributed by atoms with Crippen molar-refractivity contribution in [3.63, 3.8) is 0 Å². The van der Waals surface area contributed by atoms with Gasteiger partial charge in [0.25, 0.3) is 11.8 Å². The number of anilines is 1. The van der Waals surface area contributed by atoms with E-state index in [0.717, 1.165) is 5.56 Å². The predicted octanol–water partition coefficient (Wildman–Crippen LogP) is 3.23. The number of amides is 3. The second-order valence-electron chi connectivity index (χ2n) is 7.26. The molecular weight excluding hydrogens is 425 g/mol. The maximum Gasteiger partial charge on any atom is 0.260 e. The first-order valence-electron chi connectivity index (χ1n) is 10.3. The van der Waals surface area contributed by atoms with Crippen molar-refractivity contribution in [2.24, 2.45) is 0 Å². The molecule has 170 valence electrons. The van der Waals surface area contributed by atoms with Crippen LogP contribution in [0.1, 0.15) is 15.9 Å². The highest BCUT2D eigenvalue weighted by atomic mass is 19.1. The fraction of sp³-hybridized carbons (Fsp3) is 0.160. The van der Waals surface area contributed by atoms with Gasteiger partial charge in [-0.05, 0) is 42.0 Å². The minimum absolute atomic E-state index is 0.210. The minimum Gasteiger partial charge on any atom is -0.483 e. The third kappa shape index (κ3) is 7.17. The molecule has 0 aliphatic rings. The van der Waals surface area contributed by atoms with Crippen LogP contribution in [0.25, 0.3) is 0 Å². The molecule has 8 heteroatoms. The number of hydrogen-bond acceptors (Lipinski definition) is 4. The summed E-state index contributed by atoms with van der Waals surface area (Å²) in [6, 6.07) is 21.4. The Morgan fingerprint density at radius 1 is 0.909 bits per heavy atom. The second-order valence-corrected chi connectivity index (χ2v) is 7.26. The quantitative estimate of drug-likeness (QED) is 0.525. The first kappa shape index (κ1) is 23.5. The SMILES string of the molecule is CN(CC(=O)Nc1ccc(F)cc1)C(=O)COc1ccccc1C(=O)NCc1ccccc1. The molecule has 0 unspecified atom stereocenters. The second kappa shape index (κ2) is 11.4. The Kier molecular flexibility index (Phi) is 8.13. The zero-order valence-electron chi connectivity index (χ0n) is 18.1. The summed E-state index contributed by atoms with van der Waals surface area (Å²) in [5.41, 5.74) is 1.69. The van der Waals surface area contributed by atoms with Crippen LogP contribution < -0.4 is 15.4 Å². The van der Waals surface area contributed by atoms with Crippen LogP contribution in [0.15, 0.2) is 78.9 Å². The van der Waals surface area contributed by atoms with E-state index in [9.17, 15) is 18.8 Å². The van der Waals surface area contributed by atoms with Gasteiger partial charge in [-0.2, -0.15) is 0 Å². The largest absolute Gasteiger partial charge is 0.483 e.